The van der Waals surface area contributed by atoms with Crippen molar-refractivity contribution in [2.45, 2.75) is 31.5 Å². The summed E-state index contributed by atoms with van der Waals surface area (Å²) in [6.45, 7) is 1.74. The van der Waals surface area contributed by atoms with Crippen LogP contribution in [0.5, 0.6) is 0 Å². The molecule has 170 valence electrons. The third-order valence-corrected chi connectivity index (χ3v) is 5.29. The molecule has 3 heterocycles. The first-order chi connectivity index (χ1) is 15.4. The number of aliphatic hydroxyl groups excluding tert-OH is 3. The van der Waals surface area contributed by atoms with Crippen molar-refractivity contribution < 1.29 is 29.2 Å². The van der Waals surface area contributed by atoms with Crippen LogP contribution in [0.1, 0.15) is 22.1 Å². The Kier molecular flexibility index (Phi) is 6.28. The van der Waals surface area contributed by atoms with Gasteiger partial charge in [-0.3, -0.25) is 9.36 Å². The standard InChI is InChI=1S/C20H23FN6O5/c1-10-2-3-11(6-12(10)21)19(31)23-5-4-22-17-14-18(25-8-24-17)27(9-26-14)20-16(30)15(29)13(7-28)32-20/h2-3,6,8-9,13,15-16,20,28-30H,4-5,7H2,1H3,(H,23,31)(H,22,24,25)/t13-,15-,16-,20-/m1/s1. The molecule has 3 aromatic rings. The minimum Gasteiger partial charge on any atom is -0.394 e. The van der Waals surface area contributed by atoms with Crippen molar-refractivity contribution in [2.75, 3.05) is 25.0 Å². The number of nitrogens with one attached hydrogen (secondary N) is 2. The molecule has 4 rings (SSSR count). The highest BCUT2D eigenvalue weighted by Gasteiger charge is 2.44. The van der Waals surface area contributed by atoms with Crippen molar-refractivity contribution in [3.8, 4) is 0 Å². The lowest BCUT2D eigenvalue weighted by atomic mass is 10.1. The third-order valence-electron chi connectivity index (χ3n) is 5.29. The second-order valence-electron chi connectivity index (χ2n) is 7.42. The van der Waals surface area contributed by atoms with Crippen LogP contribution in [0.15, 0.2) is 30.9 Å². The zero-order valence-electron chi connectivity index (χ0n) is 17.1. The SMILES string of the molecule is Cc1ccc(C(=O)NCCNc2ncnc3c2ncn3[C@@H]2O[C@H](CO)[C@@H](O)[C@H]2O)cc1F. The number of nitrogens with zero attached hydrogens (tertiary/aromatic N) is 4. The molecule has 0 spiro atoms. The predicted octanol–water partition coefficient (Wildman–Crippen LogP) is -0.273. The van der Waals surface area contributed by atoms with Gasteiger partial charge < -0.3 is 30.7 Å². The van der Waals surface area contributed by atoms with Gasteiger partial charge in [-0.15, -0.1) is 0 Å². The molecule has 1 aliphatic rings. The number of fused-ring (bicyclic) bond motifs is 1. The lowest BCUT2D eigenvalue weighted by Gasteiger charge is -2.16. The summed E-state index contributed by atoms with van der Waals surface area (Å²) in [5, 5.41) is 35.3. The minimum absolute atomic E-state index is 0.231. The van der Waals surface area contributed by atoms with Crippen LogP contribution < -0.4 is 10.6 Å². The van der Waals surface area contributed by atoms with E-state index in [1.807, 2.05) is 0 Å². The van der Waals surface area contributed by atoms with Crippen LogP contribution in [0.25, 0.3) is 11.2 Å². The van der Waals surface area contributed by atoms with Gasteiger partial charge in [-0.1, -0.05) is 6.07 Å². The Bertz CT molecular complexity index is 1130. The molecule has 1 saturated heterocycles. The third kappa shape index (κ3) is 4.12. The van der Waals surface area contributed by atoms with Gasteiger partial charge in [0.15, 0.2) is 23.2 Å². The molecule has 1 amide bonds. The molecule has 0 aliphatic carbocycles. The van der Waals surface area contributed by atoms with Gasteiger partial charge in [0.25, 0.3) is 5.91 Å². The monoisotopic (exact) mass is 446 g/mol. The van der Waals surface area contributed by atoms with Crippen LogP contribution in [0, 0.1) is 12.7 Å². The van der Waals surface area contributed by atoms with Crippen molar-refractivity contribution in [2.24, 2.45) is 0 Å². The first kappa shape index (κ1) is 22.0. The molecule has 1 aliphatic heterocycles. The van der Waals surface area contributed by atoms with Gasteiger partial charge in [-0.2, -0.15) is 0 Å². The fourth-order valence-corrected chi connectivity index (χ4v) is 3.47. The second kappa shape index (κ2) is 9.12. The number of benzene rings is 1. The van der Waals surface area contributed by atoms with E-state index in [0.717, 1.165) is 0 Å². The van der Waals surface area contributed by atoms with E-state index in [1.165, 1.54) is 23.3 Å². The zero-order chi connectivity index (χ0) is 22.8. The molecular formula is C20H23FN6O5. The maximum atomic E-state index is 13.6. The molecule has 5 N–H and O–H groups in total. The van der Waals surface area contributed by atoms with E-state index in [4.69, 9.17) is 4.74 Å². The van der Waals surface area contributed by atoms with Crippen LogP contribution in [0.4, 0.5) is 10.2 Å². The Labute approximate surface area is 181 Å². The lowest BCUT2D eigenvalue weighted by molar-refractivity contribution is -0.0511. The number of hydrogen-bond donors (Lipinski definition) is 5. The van der Waals surface area contributed by atoms with Crippen LogP contribution in [-0.4, -0.2) is 78.8 Å². The highest BCUT2D eigenvalue weighted by Crippen LogP contribution is 2.32. The number of carbonyl (C=O) groups excluding carboxylic acids is 1. The van der Waals surface area contributed by atoms with Gasteiger partial charge in [-0.05, 0) is 24.6 Å². The Morgan fingerprint density at radius 1 is 1.22 bits per heavy atom. The smallest absolute Gasteiger partial charge is 0.251 e. The number of rotatable bonds is 7. The molecule has 0 saturated carbocycles. The lowest BCUT2D eigenvalue weighted by Crippen LogP contribution is -2.33. The number of imidazole rings is 1. The maximum absolute atomic E-state index is 13.6. The minimum atomic E-state index is -1.27. The van der Waals surface area contributed by atoms with Crippen molar-refractivity contribution in [3.63, 3.8) is 0 Å². The molecule has 2 aromatic heterocycles. The molecule has 0 bridgehead atoms. The highest BCUT2D eigenvalue weighted by molar-refractivity contribution is 5.94. The molecule has 32 heavy (non-hydrogen) atoms. The first-order valence-electron chi connectivity index (χ1n) is 9.99. The largest absolute Gasteiger partial charge is 0.394 e. The van der Waals surface area contributed by atoms with E-state index >= 15 is 0 Å². The summed E-state index contributed by atoms with van der Waals surface area (Å²) in [4.78, 5) is 24.8. The molecule has 4 atom stereocenters. The number of hydrogen-bond acceptors (Lipinski definition) is 9. The molecule has 1 aromatic carbocycles. The molecule has 0 radical (unpaired) electrons. The fourth-order valence-electron chi connectivity index (χ4n) is 3.47. The van der Waals surface area contributed by atoms with Crippen molar-refractivity contribution in [3.05, 3.63) is 47.8 Å². The number of halogens is 1. The Hall–Kier alpha value is -3.19. The van der Waals surface area contributed by atoms with Crippen LogP contribution in [0.3, 0.4) is 0 Å². The normalized spacial score (nSPS) is 22.9. The van der Waals surface area contributed by atoms with Crippen LogP contribution in [0.2, 0.25) is 0 Å². The van der Waals surface area contributed by atoms with Crippen molar-refractivity contribution in [1.82, 2.24) is 24.8 Å². The van der Waals surface area contributed by atoms with Gasteiger partial charge in [0.2, 0.25) is 0 Å². The van der Waals surface area contributed by atoms with Crippen molar-refractivity contribution >= 4 is 22.9 Å². The van der Waals surface area contributed by atoms with Gasteiger partial charge in [0.1, 0.15) is 30.5 Å². The molecule has 0 unspecified atom stereocenters. The molecule has 1 fully saturated rings. The Balaban J connectivity index is 1.40. The maximum Gasteiger partial charge on any atom is 0.251 e. The second-order valence-corrected chi connectivity index (χ2v) is 7.42. The Morgan fingerprint density at radius 2 is 2.03 bits per heavy atom. The van der Waals surface area contributed by atoms with Gasteiger partial charge in [0.05, 0.1) is 12.9 Å². The number of ether oxygens (including phenoxy) is 1. The fraction of sp³-hybridized carbons (Fsp3) is 0.400. The summed E-state index contributed by atoms with van der Waals surface area (Å²) in [6, 6.07) is 4.29. The topological polar surface area (TPSA) is 155 Å². The number of aromatic nitrogens is 4. The molecular weight excluding hydrogens is 423 g/mol. The quantitative estimate of drug-likeness (QED) is 0.308. The Morgan fingerprint density at radius 3 is 2.75 bits per heavy atom. The van der Waals surface area contributed by atoms with E-state index in [2.05, 4.69) is 25.6 Å². The van der Waals surface area contributed by atoms with Gasteiger partial charge in [0, 0.05) is 18.7 Å². The van der Waals surface area contributed by atoms with Crippen LogP contribution in [-0.2, 0) is 4.74 Å². The summed E-state index contributed by atoms with van der Waals surface area (Å²) in [5.41, 5.74) is 1.45. The van der Waals surface area contributed by atoms with E-state index in [1.54, 1.807) is 19.1 Å². The van der Waals surface area contributed by atoms with E-state index in [-0.39, 0.29) is 12.1 Å². The van der Waals surface area contributed by atoms with Crippen LogP contribution >= 0.6 is 0 Å². The van der Waals surface area contributed by atoms with E-state index in [0.29, 0.717) is 29.1 Å². The summed E-state index contributed by atoms with van der Waals surface area (Å²) < 4.78 is 20.6. The van der Waals surface area contributed by atoms with Gasteiger partial charge >= 0.3 is 0 Å². The van der Waals surface area contributed by atoms with E-state index in [9.17, 15) is 24.5 Å². The van der Waals surface area contributed by atoms with E-state index < -0.39 is 42.9 Å². The molecule has 11 nitrogen and oxygen atoms in total. The number of aryl methyl sites for hydroxylation is 1. The average Bonchev–Trinajstić information content (AvgIpc) is 3.34. The predicted molar refractivity (Wildman–Crippen MR) is 110 cm³/mol. The number of anilines is 1. The zero-order valence-corrected chi connectivity index (χ0v) is 17.1. The van der Waals surface area contributed by atoms with Gasteiger partial charge in [-0.25, -0.2) is 19.3 Å². The first-order valence-corrected chi connectivity index (χ1v) is 9.99. The summed E-state index contributed by atoms with van der Waals surface area (Å²) in [5.74, 6) is -0.438. The summed E-state index contributed by atoms with van der Waals surface area (Å²) in [6.07, 6.45) is -1.69. The summed E-state index contributed by atoms with van der Waals surface area (Å²) in [7, 11) is 0. The highest BCUT2D eigenvalue weighted by atomic mass is 19.1. The average molecular weight is 446 g/mol. The number of aliphatic hydroxyl groups is 3. The number of carbonyl (C=O) groups is 1. The molecule has 12 heteroatoms. The number of amides is 1. The summed E-state index contributed by atoms with van der Waals surface area (Å²) >= 11 is 0. The van der Waals surface area contributed by atoms with Crippen molar-refractivity contribution in [1.29, 1.82) is 0 Å².